The van der Waals surface area contributed by atoms with Crippen LogP contribution in [0.1, 0.15) is 31.3 Å². The van der Waals surface area contributed by atoms with Crippen molar-refractivity contribution in [3.05, 3.63) is 29.6 Å². The number of nitrogens with one attached hydrogen (secondary N) is 1. The van der Waals surface area contributed by atoms with Crippen LogP contribution in [0.15, 0.2) is 18.2 Å². The summed E-state index contributed by atoms with van der Waals surface area (Å²) in [6.45, 7) is 7.36. The van der Waals surface area contributed by atoms with Crippen molar-refractivity contribution in [3.8, 4) is 0 Å². The van der Waals surface area contributed by atoms with Crippen molar-refractivity contribution in [2.45, 2.75) is 33.4 Å². The summed E-state index contributed by atoms with van der Waals surface area (Å²) in [4.78, 5) is 4.72. The predicted molar refractivity (Wildman–Crippen MR) is 67.6 cm³/mol. The van der Waals surface area contributed by atoms with E-state index in [0.29, 0.717) is 0 Å². The molecule has 1 aromatic heterocycles. The van der Waals surface area contributed by atoms with Gasteiger partial charge in [-0.1, -0.05) is 6.07 Å². The molecule has 3 heteroatoms. The average molecular weight is 217 g/mol. The van der Waals surface area contributed by atoms with Crippen LogP contribution in [0.3, 0.4) is 0 Å². The first-order valence-electron chi connectivity index (χ1n) is 5.81. The molecule has 0 saturated heterocycles. The van der Waals surface area contributed by atoms with E-state index in [9.17, 15) is 0 Å². The van der Waals surface area contributed by atoms with Crippen LogP contribution in [0.4, 0.5) is 0 Å². The summed E-state index contributed by atoms with van der Waals surface area (Å²) in [6, 6.07) is 6.73. The van der Waals surface area contributed by atoms with Crippen LogP contribution in [0, 0.1) is 6.92 Å². The maximum Gasteiger partial charge on any atom is 0.126 e. The van der Waals surface area contributed by atoms with Crippen molar-refractivity contribution < 1.29 is 0 Å². The Bertz CT molecular complexity index is 499. The fraction of sp³-hybridized carbons (Fsp3) is 0.462. The van der Waals surface area contributed by atoms with Gasteiger partial charge in [0.25, 0.3) is 0 Å². The summed E-state index contributed by atoms with van der Waals surface area (Å²) < 4.78 is 2.27. The van der Waals surface area contributed by atoms with Gasteiger partial charge in [0.2, 0.25) is 0 Å². The van der Waals surface area contributed by atoms with Gasteiger partial charge in [0.15, 0.2) is 0 Å². The maximum absolute atomic E-state index is 4.72. The van der Waals surface area contributed by atoms with Gasteiger partial charge in [0.05, 0.1) is 17.1 Å². The second kappa shape index (κ2) is 4.26. The molecule has 0 aliphatic rings. The van der Waals surface area contributed by atoms with Gasteiger partial charge in [-0.05, 0) is 45.5 Å². The largest absolute Gasteiger partial charge is 0.327 e. The van der Waals surface area contributed by atoms with Gasteiger partial charge in [-0.2, -0.15) is 0 Å². The van der Waals surface area contributed by atoms with Crippen molar-refractivity contribution in [3.63, 3.8) is 0 Å². The van der Waals surface area contributed by atoms with E-state index < -0.39 is 0 Å². The summed E-state index contributed by atoms with van der Waals surface area (Å²) in [5.74, 6) is 1.12. The van der Waals surface area contributed by atoms with Crippen LogP contribution >= 0.6 is 0 Å². The molecule has 1 atom stereocenters. The monoisotopic (exact) mass is 217 g/mol. The summed E-state index contributed by atoms with van der Waals surface area (Å²) in [6.07, 6.45) is 0. The molecule has 0 spiro atoms. The first-order valence-corrected chi connectivity index (χ1v) is 5.81. The van der Waals surface area contributed by atoms with Crippen LogP contribution in [0.25, 0.3) is 11.0 Å². The highest BCUT2D eigenvalue weighted by Crippen LogP contribution is 2.21. The molecular weight excluding hydrogens is 198 g/mol. The topological polar surface area (TPSA) is 29.9 Å². The zero-order valence-corrected chi connectivity index (χ0v) is 10.4. The molecule has 1 heterocycles. The Hall–Kier alpha value is -1.35. The number of aromatic nitrogens is 2. The lowest BCUT2D eigenvalue weighted by molar-refractivity contribution is 0.570. The fourth-order valence-electron chi connectivity index (χ4n) is 2.05. The van der Waals surface area contributed by atoms with E-state index in [-0.39, 0.29) is 6.04 Å². The van der Waals surface area contributed by atoms with E-state index in [4.69, 9.17) is 4.98 Å². The van der Waals surface area contributed by atoms with Gasteiger partial charge in [-0.3, -0.25) is 0 Å². The molecule has 86 valence electrons. The highest BCUT2D eigenvalue weighted by atomic mass is 15.1. The molecule has 3 nitrogen and oxygen atoms in total. The van der Waals surface area contributed by atoms with Crippen LogP contribution in [0.2, 0.25) is 0 Å². The maximum atomic E-state index is 4.72. The van der Waals surface area contributed by atoms with Crippen LogP contribution in [0.5, 0.6) is 0 Å². The molecule has 0 saturated carbocycles. The SMILES string of the molecule is CCn1c(C(C)NC)nc2cc(C)ccc21. The normalized spacial score (nSPS) is 13.2. The number of imidazole rings is 1. The molecule has 0 aliphatic heterocycles. The number of benzene rings is 1. The number of fused-ring (bicyclic) bond motifs is 1. The third-order valence-electron chi connectivity index (χ3n) is 3.07. The molecule has 0 fully saturated rings. The molecule has 1 aromatic carbocycles. The first-order chi connectivity index (χ1) is 7.67. The Kier molecular flexibility index (Phi) is 2.97. The third-order valence-corrected chi connectivity index (χ3v) is 3.07. The van der Waals surface area contributed by atoms with Crippen molar-refractivity contribution in [1.82, 2.24) is 14.9 Å². The van der Waals surface area contributed by atoms with Gasteiger partial charge >= 0.3 is 0 Å². The molecular formula is C13H19N3. The number of hydrogen-bond acceptors (Lipinski definition) is 2. The predicted octanol–water partition coefficient (Wildman–Crippen LogP) is 2.65. The summed E-state index contributed by atoms with van der Waals surface area (Å²) >= 11 is 0. The Morgan fingerprint density at radius 1 is 1.44 bits per heavy atom. The minimum atomic E-state index is 0.285. The quantitative estimate of drug-likeness (QED) is 0.856. The number of rotatable bonds is 3. The average Bonchev–Trinajstić information content (AvgIpc) is 2.65. The first kappa shape index (κ1) is 11.1. The summed E-state index contributed by atoms with van der Waals surface area (Å²) in [7, 11) is 1.97. The van der Waals surface area contributed by atoms with Crippen molar-refractivity contribution in [1.29, 1.82) is 0 Å². The van der Waals surface area contributed by atoms with Crippen molar-refractivity contribution >= 4 is 11.0 Å². The molecule has 1 N–H and O–H groups in total. The second-order valence-corrected chi connectivity index (χ2v) is 4.22. The highest BCUT2D eigenvalue weighted by molar-refractivity contribution is 5.77. The number of nitrogens with zero attached hydrogens (tertiary/aromatic N) is 2. The Morgan fingerprint density at radius 2 is 2.19 bits per heavy atom. The molecule has 0 bridgehead atoms. The minimum Gasteiger partial charge on any atom is -0.327 e. The molecule has 0 amide bonds. The lowest BCUT2D eigenvalue weighted by Crippen LogP contribution is -2.17. The molecule has 2 rings (SSSR count). The van der Waals surface area contributed by atoms with Gasteiger partial charge < -0.3 is 9.88 Å². The Balaban J connectivity index is 2.65. The minimum absolute atomic E-state index is 0.285. The lowest BCUT2D eigenvalue weighted by atomic mass is 10.2. The lowest BCUT2D eigenvalue weighted by Gasteiger charge is -2.11. The molecule has 0 radical (unpaired) electrons. The summed E-state index contributed by atoms with van der Waals surface area (Å²) in [5, 5.41) is 3.25. The van der Waals surface area contributed by atoms with Gasteiger partial charge in [-0.25, -0.2) is 4.98 Å². The van der Waals surface area contributed by atoms with E-state index in [0.717, 1.165) is 17.9 Å². The molecule has 2 aromatic rings. The third kappa shape index (κ3) is 1.71. The van der Waals surface area contributed by atoms with E-state index in [1.807, 2.05) is 7.05 Å². The molecule has 1 unspecified atom stereocenters. The van der Waals surface area contributed by atoms with Crippen LogP contribution < -0.4 is 5.32 Å². The Labute approximate surface area is 96.5 Å². The zero-order valence-electron chi connectivity index (χ0n) is 10.4. The van der Waals surface area contributed by atoms with Crippen molar-refractivity contribution in [2.24, 2.45) is 0 Å². The number of aryl methyl sites for hydroxylation is 2. The fourth-order valence-corrected chi connectivity index (χ4v) is 2.05. The van der Waals surface area contributed by atoms with E-state index in [2.05, 4.69) is 48.9 Å². The molecule has 16 heavy (non-hydrogen) atoms. The number of hydrogen-bond donors (Lipinski definition) is 1. The van der Waals surface area contributed by atoms with E-state index >= 15 is 0 Å². The van der Waals surface area contributed by atoms with Gasteiger partial charge in [0.1, 0.15) is 5.82 Å². The molecule has 0 aliphatic carbocycles. The van der Waals surface area contributed by atoms with E-state index in [1.165, 1.54) is 11.1 Å². The van der Waals surface area contributed by atoms with Crippen LogP contribution in [-0.4, -0.2) is 16.6 Å². The Morgan fingerprint density at radius 3 is 2.81 bits per heavy atom. The second-order valence-electron chi connectivity index (χ2n) is 4.22. The van der Waals surface area contributed by atoms with Crippen LogP contribution in [-0.2, 0) is 6.54 Å². The standard InChI is InChI=1S/C13H19N3/c1-5-16-12-7-6-9(2)8-11(12)15-13(16)10(3)14-4/h6-8,10,14H,5H2,1-4H3. The highest BCUT2D eigenvalue weighted by Gasteiger charge is 2.13. The van der Waals surface area contributed by atoms with Crippen molar-refractivity contribution in [2.75, 3.05) is 7.05 Å². The zero-order chi connectivity index (χ0) is 11.7. The smallest absolute Gasteiger partial charge is 0.126 e. The summed E-state index contributed by atoms with van der Waals surface area (Å²) in [5.41, 5.74) is 3.58. The van der Waals surface area contributed by atoms with Gasteiger partial charge in [-0.15, -0.1) is 0 Å². The van der Waals surface area contributed by atoms with E-state index in [1.54, 1.807) is 0 Å². The van der Waals surface area contributed by atoms with Gasteiger partial charge in [0, 0.05) is 6.54 Å².